The highest BCUT2D eigenvalue weighted by atomic mass is 16.5. The van der Waals surface area contributed by atoms with Crippen LogP contribution < -0.4 is 14.8 Å². The Morgan fingerprint density at radius 1 is 1.42 bits per heavy atom. The minimum Gasteiger partial charge on any atom is -0.492 e. The van der Waals surface area contributed by atoms with E-state index in [1.54, 1.807) is 17.0 Å². The summed E-state index contributed by atoms with van der Waals surface area (Å²) < 4.78 is 11.3. The molecule has 0 aliphatic carbocycles. The number of aromatic nitrogens is 1. The van der Waals surface area contributed by atoms with Crippen LogP contribution in [0.15, 0.2) is 42.6 Å². The number of rotatable bonds is 5. The summed E-state index contributed by atoms with van der Waals surface area (Å²) in [5.74, 6) is 1.05. The molecule has 134 valence electrons. The molecule has 2 amide bonds. The standard InChI is InChI=1S/C19H20N4O3/c1-2-25-17-6-4-3-5-16(17)22-19(24)23-10-8-15(13-23)26-18-11-14(12-20)7-9-21-18/h3-7,9,11,15H,2,8,10,13H2,1H3,(H,22,24). The first-order valence-electron chi connectivity index (χ1n) is 8.50. The molecule has 0 saturated carbocycles. The molecule has 0 spiro atoms. The number of urea groups is 1. The van der Waals surface area contributed by atoms with E-state index in [0.29, 0.717) is 49.0 Å². The first kappa shape index (κ1) is 17.5. The molecule has 2 aromatic rings. The topological polar surface area (TPSA) is 87.5 Å². The summed E-state index contributed by atoms with van der Waals surface area (Å²) in [6.07, 6.45) is 2.10. The fourth-order valence-corrected chi connectivity index (χ4v) is 2.77. The molecule has 0 bridgehead atoms. The largest absolute Gasteiger partial charge is 0.492 e. The van der Waals surface area contributed by atoms with Crippen molar-refractivity contribution in [2.45, 2.75) is 19.4 Å². The Bertz CT molecular complexity index is 818. The molecular weight excluding hydrogens is 332 g/mol. The van der Waals surface area contributed by atoms with Gasteiger partial charge in [-0.05, 0) is 25.1 Å². The normalized spacial score (nSPS) is 16.0. The first-order valence-corrected chi connectivity index (χ1v) is 8.50. The van der Waals surface area contributed by atoms with Crippen LogP contribution in [0.2, 0.25) is 0 Å². The number of carbonyl (C=O) groups excluding carboxylic acids is 1. The van der Waals surface area contributed by atoms with Gasteiger partial charge in [-0.3, -0.25) is 0 Å². The number of nitrogens with one attached hydrogen (secondary N) is 1. The number of likely N-dealkylation sites (tertiary alicyclic amines) is 1. The van der Waals surface area contributed by atoms with Crippen LogP contribution in [-0.4, -0.2) is 41.7 Å². The van der Waals surface area contributed by atoms with Gasteiger partial charge in [0.25, 0.3) is 0 Å². The SMILES string of the molecule is CCOc1ccccc1NC(=O)N1CCC(Oc2cc(C#N)ccn2)C1. The van der Waals surface area contributed by atoms with Crippen LogP contribution in [0.3, 0.4) is 0 Å². The van der Waals surface area contributed by atoms with Crippen molar-refractivity contribution < 1.29 is 14.3 Å². The molecule has 7 nitrogen and oxygen atoms in total. The lowest BCUT2D eigenvalue weighted by Gasteiger charge is -2.19. The zero-order chi connectivity index (χ0) is 18.4. The zero-order valence-electron chi connectivity index (χ0n) is 14.5. The minimum absolute atomic E-state index is 0.149. The quantitative estimate of drug-likeness (QED) is 0.894. The van der Waals surface area contributed by atoms with Crippen LogP contribution in [0.5, 0.6) is 11.6 Å². The summed E-state index contributed by atoms with van der Waals surface area (Å²) in [5, 5.41) is 11.8. The van der Waals surface area contributed by atoms with E-state index in [2.05, 4.69) is 16.4 Å². The Labute approximate surface area is 152 Å². The van der Waals surface area contributed by atoms with Gasteiger partial charge >= 0.3 is 6.03 Å². The molecular formula is C19H20N4O3. The van der Waals surface area contributed by atoms with Gasteiger partial charge in [0, 0.05) is 25.2 Å². The lowest BCUT2D eigenvalue weighted by Crippen LogP contribution is -2.34. The number of nitrogens with zero attached hydrogens (tertiary/aromatic N) is 3. The number of hydrogen-bond acceptors (Lipinski definition) is 5. The molecule has 26 heavy (non-hydrogen) atoms. The number of amides is 2. The summed E-state index contributed by atoms with van der Waals surface area (Å²) in [6, 6.07) is 12.4. The van der Waals surface area contributed by atoms with Crippen LogP contribution >= 0.6 is 0 Å². The minimum atomic E-state index is -0.193. The maximum absolute atomic E-state index is 12.5. The Kier molecular flexibility index (Phi) is 5.54. The van der Waals surface area contributed by atoms with Gasteiger partial charge in [0.05, 0.1) is 30.5 Å². The number of ether oxygens (including phenoxy) is 2. The fraction of sp³-hybridized carbons (Fsp3) is 0.316. The molecule has 1 aromatic heterocycles. The van der Waals surface area contributed by atoms with Gasteiger partial charge in [-0.25, -0.2) is 9.78 Å². The van der Waals surface area contributed by atoms with E-state index in [0.717, 1.165) is 0 Å². The molecule has 1 fully saturated rings. The third-order valence-corrected chi connectivity index (χ3v) is 4.01. The second-order valence-electron chi connectivity index (χ2n) is 5.83. The molecule has 1 aliphatic rings. The molecule has 1 N–H and O–H groups in total. The van der Waals surface area contributed by atoms with E-state index in [1.165, 1.54) is 6.20 Å². The van der Waals surface area contributed by atoms with Crippen molar-refractivity contribution in [2.75, 3.05) is 25.0 Å². The lowest BCUT2D eigenvalue weighted by molar-refractivity contribution is 0.190. The molecule has 7 heteroatoms. The van der Waals surface area contributed by atoms with E-state index in [9.17, 15) is 4.79 Å². The van der Waals surface area contributed by atoms with Crippen LogP contribution in [0, 0.1) is 11.3 Å². The number of anilines is 1. The summed E-state index contributed by atoms with van der Waals surface area (Å²) in [5.41, 5.74) is 1.14. The molecule has 2 heterocycles. The van der Waals surface area contributed by atoms with E-state index < -0.39 is 0 Å². The highest BCUT2D eigenvalue weighted by molar-refractivity contribution is 5.91. The molecule has 1 aromatic carbocycles. The van der Waals surface area contributed by atoms with Crippen LogP contribution in [0.4, 0.5) is 10.5 Å². The second-order valence-corrected chi connectivity index (χ2v) is 5.83. The maximum atomic E-state index is 12.5. The molecule has 1 unspecified atom stereocenters. The Hall–Kier alpha value is -3.27. The van der Waals surface area contributed by atoms with Crippen molar-refractivity contribution in [1.29, 1.82) is 5.26 Å². The summed E-state index contributed by atoms with van der Waals surface area (Å²) in [6.45, 7) is 3.48. The van der Waals surface area contributed by atoms with Crippen molar-refractivity contribution in [3.8, 4) is 17.7 Å². The third kappa shape index (κ3) is 4.22. The summed E-state index contributed by atoms with van der Waals surface area (Å²) >= 11 is 0. The van der Waals surface area contributed by atoms with Crippen molar-refractivity contribution in [2.24, 2.45) is 0 Å². The summed E-state index contributed by atoms with van der Waals surface area (Å²) in [7, 11) is 0. The maximum Gasteiger partial charge on any atom is 0.322 e. The Balaban J connectivity index is 1.58. The van der Waals surface area contributed by atoms with Crippen molar-refractivity contribution in [1.82, 2.24) is 9.88 Å². The highest BCUT2D eigenvalue weighted by Gasteiger charge is 2.28. The Morgan fingerprint density at radius 3 is 3.08 bits per heavy atom. The summed E-state index contributed by atoms with van der Waals surface area (Å²) in [4.78, 5) is 18.3. The van der Waals surface area contributed by atoms with E-state index in [4.69, 9.17) is 14.7 Å². The van der Waals surface area contributed by atoms with Gasteiger partial charge < -0.3 is 19.7 Å². The number of nitriles is 1. The van der Waals surface area contributed by atoms with Crippen molar-refractivity contribution >= 4 is 11.7 Å². The van der Waals surface area contributed by atoms with Crippen LogP contribution in [0.25, 0.3) is 0 Å². The third-order valence-electron chi connectivity index (χ3n) is 4.01. The van der Waals surface area contributed by atoms with E-state index >= 15 is 0 Å². The number of carbonyl (C=O) groups is 1. The van der Waals surface area contributed by atoms with Crippen molar-refractivity contribution in [3.63, 3.8) is 0 Å². The van der Waals surface area contributed by atoms with Gasteiger partial charge in [-0.15, -0.1) is 0 Å². The Morgan fingerprint density at radius 2 is 2.27 bits per heavy atom. The second kappa shape index (κ2) is 8.21. The predicted molar refractivity (Wildman–Crippen MR) is 96.2 cm³/mol. The van der Waals surface area contributed by atoms with Crippen LogP contribution in [0.1, 0.15) is 18.9 Å². The molecule has 3 rings (SSSR count). The zero-order valence-corrected chi connectivity index (χ0v) is 14.5. The van der Waals surface area contributed by atoms with E-state index in [1.807, 2.05) is 31.2 Å². The predicted octanol–water partition coefficient (Wildman–Crippen LogP) is 3.04. The highest BCUT2D eigenvalue weighted by Crippen LogP contribution is 2.25. The van der Waals surface area contributed by atoms with Crippen LogP contribution in [-0.2, 0) is 0 Å². The molecule has 1 saturated heterocycles. The average molecular weight is 352 g/mol. The van der Waals surface area contributed by atoms with Crippen molar-refractivity contribution in [3.05, 3.63) is 48.2 Å². The number of benzene rings is 1. The average Bonchev–Trinajstić information content (AvgIpc) is 3.12. The number of pyridine rings is 1. The monoisotopic (exact) mass is 352 g/mol. The van der Waals surface area contributed by atoms with E-state index in [-0.39, 0.29) is 12.1 Å². The van der Waals surface area contributed by atoms with Gasteiger partial charge in [-0.1, -0.05) is 12.1 Å². The fourth-order valence-electron chi connectivity index (χ4n) is 2.77. The van der Waals surface area contributed by atoms with Gasteiger partial charge in [0.2, 0.25) is 5.88 Å². The van der Waals surface area contributed by atoms with Gasteiger partial charge in [-0.2, -0.15) is 5.26 Å². The number of hydrogen-bond donors (Lipinski definition) is 1. The smallest absolute Gasteiger partial charge is 0.322 e. The van der Waals surface area contributed by atoms with Gasteiger partial charge in [0.1, 0.15) is 11.9 Å². The molecule has 1 atom stereocenters. The number of para-hydroxylation sites is 2. The molecule has 1 aliphatic heterocycles. The molecule has 0 radical (unpaired) electrons. The first-order chi connectivity index (χ1) is 12.7. The van der Waals surface area contributed by atoms with Gasteiger partial charge in [0.15, 0.2) is 0 Å². The lowest BCUT2D eigenvalue weighted by atomic mass is 10.3.